The van der Waals surface area contributed by atoms with Gasteiger partial charge in [0.25, 0.3) is 10.1 Å². The molecule has 1 aromatic heterocycles. The summed E-state index contributed by atoms with van der Waals surface area (Å²) in [5.74, 6) is -0.397. The van der Waals surface area contributed by atoms with E-state index in [1.807, 2.05) is 0 Å². The number of Topliss-reactive ketones (excluding diaryl/α,β-unsaturated/α-hetero) is 1. The summed E-state index contributed by atoms with van der Waals surface area (Å²) in [6.45, 7) is 0. The largest absolute Gasteiger partial charge is 1.00 e. The van der Waals surface area contributed by atoms with Crippen LogP contribution >= 0.6 is 11.6 Å². The van der Waals surface area contributed by atoms with Crippen LogP contribution < -0.4 is 29.6 Å². The second-order valence-corrected chi connectivity index (χ2v) is 6.45. The molecular weight excluding hydrogens is 337 g/mol. The molecule has 0 fully saturated rings. The second kappa shape index (κ2) is 8.19. The van der Waals surface area contributed by atoms with Gasteiger partial charge in [-0.2, -0.15) is 8.42 Å². The van der Waals surface area contributed by atoms with Gasteiger partial charge in [-0.1, -0.05) is 11.6 Å². The van der Waals surface area contributed by atoms with Crippen LogP contribution in [0.25, 0.3) is 0 Å². The summed E-state index contributed by atoms with van der Waals surface area (Å²) < 4.78 is 32.4. The predicted octanol–water partition coefficient (Wildman–Crippen LogP) is 0.0534. The Morgan fingerprint density at radius 3 is 2.23 bits per heavy atom. The first-order valence-electron chi connectivity index (χ1n) is 6.03. The standard InChI is InChI=1S/C14H12ClNO4S.Na.H/c15-12-3-1-10(2-4-12)13(17)9-14(21(18,19)20)11-5-7-16-8-6-11;;/h1-8,14H,9H2,(H,18,19,20);;/q;+1;-1. The molecule has 0 aliphatic rings. The van der Waals surface area contributed by atoms with Crippen LogP contribution in [0.15, 0.2) is 48.8 Å². The monoisotopic (exact) mass is 349 g/mol. The molecule has 1 aromatic carbocycles. The Bertz CT molecular complexity index is 741. The molecule has 0 bridgehead atoms. The molecule has 5 nitrogen and oxygen atoms in total. The molecule has 22 heavy (non-hydrogen) atoms. The van der Waals surface area contributed by atoms with E-state index in [1.165, 1.54) is 36.7 Å². The molecule has 0 aliphatic carbocycles. The first-order valence-corrected chi connectivity index (χ1v) is 7.91. The van der Waals surface area contributed by atoms with Gasteiger partial charge in [-0.3, -0.25) is 14.3 Å². The maximum Gasteiger partial charge on any atom is 1.00 e. The van der Waals surface area contributed by atoms with Crippen molar-refractivity contribution in [1.29, 1.82) is 0 Å². The van der Waals surface area contributed by atoms with Gasteiger partial charge in [0.2, 0.25) is 0 Å². The van der Waals surface area contributed by atoms with Gasteiger partial charge in [0.1, 0.15) is 5.25 Å². The van der Waals surface area contributed by atoms with E-state index in [1.54, 1.807) is 12.1 Å². The molecule has 1 heterocycles. The van der Waals surface area contributed by atoms with Crippen LogP contribution in [-0.4, -0.2) is 23.7 Å². The number of pyridine rings is 1. The van der Waals surface area contributed by atoms with Crippen molar-refractivity contribution in [2.45, 2.75) is 11.7 Å². The number of ketones is 1. The molecule has 0 saturated carbocycles. The second-order valence-electron chi connectivity index (χ2n) is 4.42. The minimum absolute atomic E-state index is 0. The zero-order valence-corrected chi connectivity index (χ0v) is 15.4. The quantitative estimate of drug-likeness (QED) is 0.468. The summed E-state index contributed by atoms with van der Waals surface area (Å²) in [6, 6.07) is 9.02. The summed E-state index contributed by atoms with van der Waals surface area (Å²) in [5.41, 5.74) is 0.650. The Hall–Kier alpha value is -0.760. The van der Waals surface area contributed by atoms with Crippen molar-refractivity contribution < 1.29 is 48.7 Å². The van der Waals surface area contributed by atoms with Gasteiger partial charge >= 0.3 is 29.6 Å². The molecule has 2 rings (SSSR count). The van der Waals surface area contributed by atoms with E-state index in [9.17, 15) is 17.8 Å². The van der Waals surface area contributed by atoms with Crippen LogP contribution in [0.5, 0.6) is 0 Å². The third-order valence-electron chi connectivity index (χ3n) is 2.97. The first-order chi connectivity index (χ1) is 9.88. The smallest absolute Gasteiger partial charge is 1.00 e. The summed E-state index contributed by atoms with van der Waals surface area (Å²) in [7, 11) is -4.40. The average molecular weight is 350 g/mol. The molecule has 1 unspecified atom stereocenters. The number of carbonyl (C=O) groups is 1. The van der Waals surface area contributed by atoms with Crippen LogP contribution in [0, 0.1) is 0 Å². The van der Waals surface area contributed by atoms with Gasteiger partial charge < -0.3 is 1.43 Å². The number of carbonyl (C=O) groups excluding carboxylic acids is 1. The number of hydrogen-bond donors (Lipinski definition) is 1. The van der Waals surface area contributed by atoms with Crippen LogP contribution in [-0.2, 0) is 10.1 Å². The zero-order valence-electron chi connectivity index (χ0n) is 12.8. The van der Waals surface area contributed by atoms with Crippen molar-refractivity contribution >= 4 is 27.5 Å². The van der Waals surface area contributed by atoms with Gasteiger partial charge in [-0.25, -0.2) is 0 Å². The van der Waals surface area contributed by atoms with E-state index in [-0.39, 0.29) is 37.4 Å². The fourth-order valence-corrected chi connectivity index (χ4v) is 2.88. The van der Waals surface area contributed by atoms with Gasteiger partial charge in [0, 0.05) is 29.4 Å². The molecule has 1 atom stereocenters. The number of aromatic nitrogens is 1. The molecule has 0 radical (unpaired) electrons. The van der Waals surface area contributed by atoms with E-state index >= 15 is 0 Å². The minimum atomic E-state index is -4.40. The Morgan fingerprint density at radius 2 is 1.73 bits per heavy atom. The van der Waals surface area contributed by atoms with E-state index < -0.39 is 21.2 Å². The Balaban J connectivity index is 0.00000242. The van der Waals surface area contributed by atoms with Crippen molar-refractivity contribution in [2.75, 3.05) is 0 Å². The van der Waals surface area contributed by atoms with Crippen molar-refractivity contribution in [1.82, 2.24) is 4.98 Å². The number of rotatable bonds is 5. The van der Waals surface area contributed by atoms with Crippen LogP contribution in [0.2, 0.25) is 5.02 Å². The fourth-order valence-electron chi connectivity index (χ4n) is 1.90. The van der Waals surface area contributed by atoms with Gasteiger partial charge in [0.05, 0.1) is 0 Å². The summed E-state index contributed by atoms with van der Waals surface area (Å²) in [4.78, 5) is 15.9. The van der Waals surface area contributed by atoms with Crippen molar-refractivity contribution in [3.05, 3.63) is 64.9 Å². The molecule has 112 valence electrons. The van der Waals surface area contributed by atoms with Crippen LogP contribution in [0.1, 0.15) is 29.0 Å². The predicted molar refractivity (Wildman–Crippen MR) is 80.0 cm³/mol. The summed E-state index contributed by atoms with van der Waals surface area (Å²) >= 11 is 5.74. The summed E-state index contributed by atoms with van der Waals surface area (Å²) in [5, 5.41) is -0.837. The molecule has 1 N–H and O–H groups in total. The van der Waals surface area contributed by atoms with E-state index in [2.05, 4.69) is 4.98 Å². The van der Waals surface area contributed by atoms with Gasteiger partial charge in [-0.05, 0) is 42.0 Å². The zero-order chi connectivity index (χ0) is 15.5. The van der Waals surface area contributed by atoms with Crippen LogP contribution in [0.3, 0.4) is 0 Å². The van der Waals surface area contributed by atoms with E-state index in [0.29, 0.717) is 16.1 Å². The maximum atomic E-state index is 12.2. The number of benzene rings is 1. The van der Waals surface area contributed by atoms with E-state index in [0.717, 1.165) is 0 Å². The third-order valence-corrected chi connectivity index (χ3v) is 4.38. The van der Waals surface area contributed by atoms with Crippen molar-refractivity contribution in [3.8, 4) is 0 Å². The Morgan fingerprint density at radius 1 is 1.18 bits per heavy atom. The number of hydrogen-bond acceptors (Lipinski definition) is 4. The van der Waals surface area contributed by atoms with Crippen molar-refractivity contribution in [2.24, 2.45) is 0 Å². The SMILES string of the molecule is O=C(CC(c1ccncc1)S(=O)(=O)O)c1ccc(Cl)cc1.[H-].[Na+]. The van der Waals surface area contributed by atoms with Crippen LogP contribution in [0.4, 0.5) is 0 Å². The molecule has 0 spiro atoms. The molecular formula is C14H13ClNNaO4S. The van der Waals surface area contributed by atoms with Gasteiger partial charge in [0.15, 0.2) is 5.78 Å². The summed E-state index contributed by atoms with van der Waals surface area (Å²) in [6.07, 6.45) is 2.45. The molecule has 0 saturated heterocycles. The Labute approximate surface area is 157 Å². The molecule has 8 heteroatoms. The molecule has 0 aliphatic heterocycles. The molecule has 2 aromatic rings. The van der Waals surface area contributed by atoms with Gasteiger partial charge in [-0.15, -0.1) is 0 Å². The third kappa shape index (κ3) is 5.15. The van der Waals surface area contributed by atoms with Crippen molar-refractivity contribution in [3.63, 3.8) is 0 Å². The first kappa shape index (κ1) is 19.3. The van der Waals surface area contributed by atoms with E-state index in [4.69, 9.17) is 11.6 Å². The number of nitrogens with zero attached hydrogens (tertiary/aromatic N) is 1. The average Bonchev–Trinajstić information content (AvgIpc) is 2.45. The number of halogens is 1. The maximum absolute atomic E-state index is 12.2. The normalized spacial score (nSPS) is 12.3. The molecule has 0 amide bonds. The Kier molecular flexibility index (Phi) is 7.18. The minimum Gasteiger partial charge on any atom is -1.00 e. The topological polar surface area (TPSA) is 84.3 Å². The fraction of sp³-hybridized carbons (Fsp3) is 0.143.